The van der Waals surface area contributed by atoms with Crippen molar-refractivity contribution in [1.82, 2.24) is 4.98 Å². The van der Waals surface area contributed by atoms with Crippen molar-refractivity contribution in [3.63, 3.8) is 0 Å². The number of fused-ring (bicyclic) bond motifs is 1. The Morgan fingerprint density at radius 3 is 2.68 bits per heavy atom. The van der Waals surface area contributed by atoms with Crippen molar-refractivity contribution < 1.29 is 19.4 Å². The second kappa shape index (κ2) is 5.06. The van der Waals surface area contributed by atoms with Crippen molar-refractivity contribution in [2.24, 2.45) is 0 Å². The number of ketones is 1. The predicted octanol–water partition coefficient (Wildman–Crippen LogP) is 2.21. The number of carbonyl (C=O) groups is 2. The minimum absolute atomic E-state index is 0.0270. The van der Waals surface area contributed by atoms with Crippen LogP contribution in [0.25, 0.3) is 10.9 Å². The van der Waals surface area contributed by atoms with Gasteiger partial charge in [0, 0.05) is 5.39 Å². The van der Waals surface area contributed by atoms with Crippen LogP contribution in [0, 0.1) is 6.92 Å². The van der Waals surface area contributed by atoms with E-state index in [4.69, 9.17) is 9.84 Å². The first kappa shape index (κ1) is 13.0. The molecule has 5 nitrogen and oxygen atoms in total. The van der Waals surface area contributed by atoms with E-state index in [-0.39, 0.29) is 23.8 Å². The quantitative estimate of drug-likeness (QED) is 0.910. The first-order chi connectivity index (χ1) is 8.97. The van der Waals surface area contributed by atoms with Gasteiger partial charge in [-0.05, 0) is 31.5 Å². The van der Waals surface area contributed by atoms with Gasteiger partial charge in [0.2, 0.25) is 5.88 Å². The Balaban J connectivity index is 2.54. The number of carbonyl (C=O) groups excluding carboxylic acids is 1. The molecule has 5 heteroatoms. The number of hydrogen-bond acceptors (Lipinski definition) is 4. The molecule has 19 heavy (non-hydrogen) atoms. The maximum absolute atomic E-state index is 11.2. The molecule has 0 unspecified atom stereocenters. The van der Waals surface area contributed by atoms with E-state index in [1.807, 2.05) is 19.1 Å². The molecular formula is C14H13NO4. The standard InChI is InChI=1S/C14H13NO4/c1-8-3-4-10-6-11(14(17)18)13(15-12(10)5-8)19-7-9(2)16/h3-6H,7H2,1-2H3,(H,17,18). The number of hydrogen-bond donors (Lipinski definition) is 1. The summed E-state index contributed by atoms with van der Waals surface area (Å²) in [6.07, 6.45) is 0. The van der Waals surface area contributed by atoms with Crippen LogP contribution in [0.15, 0.2) is 24.3 Å². The van der Waals surface area contributed by atoms with Crippen LogP contribution in [0.5, 0.6) is 5.88 Å². The third-order valence-electron chi connectivity index (χ3n) is 2.58. The van der Waals surface area contributed by atoms with Crippen LogP contribution in [-0.4, -0.2) is 28.4 Å². The van der Waals surface area contributed by atoms with Gasteiger partial charge in [0.15, 0.2) is 5.78 Å². The molecule has 1 N–H and O–H groups in total. The number of aromatic carboxylic acids is 1. The van der Waals surface area contributed by atoms with E-state index >= 15 is 0 Å². The van der Waals surface area contributed by atoms with E-state index in [9.17, 15) is 9.59 Å². The lowest BCUT2D eigenvalue weighted by Gasteiger charge is -2.08. The molecule has 0 bridgehead atoms. The maximum atomic E-state index is 11.2. The number of carboxylic acids is 1. The Kier molecular flexibility index (Phi) is 3.46. The highest BCUT2D eigenvalue weighted by Gasteiger charge is 2.15. The lowest BCUT2D eigenvalue weighted by molar-refractivity contribution is -0.119. The van der Waals surface area contributed by atoms with Gasteiger partial charge in [-0.2, -0.15) is 0 Å². The molecule has 0 amide bonds. The topological polar surface area (TPSA) is 76.5 Å². The summed E-state index contributed by atoms with van der Waals surface area (Å²) in [5, 5.41) is 9.86. The average molecular weight is 259 g/mol. The Morgan fingerprint density at radius 2 is 2.05 bits per heavy atom. The van der Waals surface area contributed by atoms with Gasteiger partial charge in [-0.1, -0.05) is 12.1 Å². The molecule has 0 atom stereocenters. The Bertz CT molecular complexity index is 664. The number of Topliss-reactive ketones (excluding diaryl/α,β-unsaturated/α-hetero) is 1. The van der Waals surface area contributed by atoms with Gasteiger partial charge in [-0.3, -0.25) is 4.79 Å². The fraction of sp³-hybridized carbons (Fsp3) is 0.214. The fourth-order valence-corrected chi connectivity index (χ4v) is 1.69. The first-order valence-corrected chi connectivity index (χ1v) is 5.74. The van der Waals surface area contributed by atoms with E-state index in [1.54, 1.807) is 6.07 Å². The van der Waals surface area contributed by atoms with Gasteiger partial charge in [-0.25, -0.2) is 9.78 Å². The fourth-order valence-electron chi connectivity index (χ4n) is 1.69. The summed E-state index contributed by atoms with van der Waals surface area (Å²) in [4.78, 5) is 26.3. The predicted molar refractivity (Wildman–Crippen MR) is 69.6 cm³/mol. The molecule has 1 aromatic heterocycles. The van der Waals surface area contributed by atoms with Crippen LogP contribution in [0.2, 0.25) is 0 Å². The minimum atomic E-state index is -1.13. The zero-order valence-corrected chi connectivity index (χ0v) is 10.6. The van der Waals surface area contributed by atoms with Gasteiger partial charge < -0.3 is 9.84 Å². The zero-order chi connectivity index (χ0) is 14.0. The summed E-state index contributed by atoms with van der Waals surface area (Å²) < 4.78 is 5.17. The largest absolute Gasteiger partial charge is 0.477 e. The molecule has 1 aromatic carbocycles. The molecule has 0 saturated carbocycles. The van der Waals surface area contributed by atoms with E-state index in [1.165, 1.54) is 13.0 Å². The molecule has 98 valence electrons. The molecule has 1 heterocycles. The third kappa shape index (κ3) is 2.88. The Hall–Kier alpha value is -2.43. The number of aromatic nitrogens is 1. The molecule has 0 aliphatic heterocycles. The van der Waals surface area contributed by atoms with Crippen LogP contribution in [-0.2, 0) is 4.79 Å². The van der Waals surface area contributed by atoms with Crippen LogP contribution in [0.4, 0.5) is 0 Å². The molecular weight excluding hydrogens is 246 g/mol. The van der Waals surface area contributed by atoms with E-state index in [0.717, 1.165) is 10.9 Å². The van der Waals surface area contributed by atoms with Crippen LogP contribution in [0.1, 0.15) is 22.8 Å². The lowest BCUT2D eigenvalue weighted by Crippen LogP contribution is -2.11. The summed E-state index contributed by atoms with van der Waals surface area (Å²) in [5.74, 6) is -1.35. The number of pyridine rings is 1. The van der Waals surface area contributed by atoms with Crippen LogP contribution >= 0.6 is 0 Å². The monoisotopic (exact) mass is 259 g/mol. The minimum Gasteiger partial charge on any atom is -0.477 e. The molecule has 0 spiro atoms. The van der Waals surface area contributed by atoms with Gasteiger partial charge in [0.05, 0.1) is 5.52 Å². The van der Waals surface area contributed by atoms with Crippen molar-refractivity contribution in [2.75, 3.05) is 6.61 Å². The van der Waals surface area contributed by atoms with Crippen LogP contribution in [0.3, 0.4) is 0 Å². The summed E-state index contributed by atoms with van der Waals surface area (Å²) >= 11 is 0. The summed E-state index contributed by atoms with van der Waals surface area (Å²) in [5.41, 5.74) is 1.61. The molecule has 0 fully saturated rings. The number of nitrogens with zero attached hydrogens (tertiary/aromatic N) is 1. The van der Waals surface area contributed by atoms with Crippen molar-refractivity contribution >= 4 is 22.7 Å². The Morgan fingerprint density at radius 1 is 1.32 bits per heavy atom. The molecule has 0 aliphatic carbocycles. The van der Waals surface area contributed by atoms with Gasteiger partial charge in [0.25, 0.3) is 0 Å². The van der Waals surface area contributed by atoms with E-state index < -0.39 is 5.97 Å². The highest BCUT2D eigenvalue weighted by atomic mass is 16.5. The highest BCUT2D eigenvalue weighted by Crippen LogP contribution is 2.23. The smallest absolute Gasteiger partial charge is 0.341 e. The van der Waals surface area contributed by atoms with Crippen molar-refractivity contribution in [2.45, 2.75) is 13.8 Å². The van der Waals surface area contributed by atoms with E-state index in [2.05, 4.69) is 4.98 Å². The Labute approximate surface area is 109 Å². The number of benzene rings is 1. The SMILES string of the molecule is CC(=O)COc1nc2cc(C)ccc2cc1C(=O)O. The molecule has 2 rings (SSSR count). The second-order valence-corrected chi connectivity index (χ2v) is 4.33. The van der Waals surface area contributed by atoms with Gasteiger partial charge in [0.1, 0.15) is 12.2 Å². The first-order valence-electron chi connectivity index (χ1n) is 5.74. The summed E-state index contributed by atoms with van der Waals surface area (Å²) in [7, 11) is 0. The van der Waals surface area contributed by atoms with Crippen molar-refractivity contribution in [1.29, 1.82) is 0 Å². The maximum Gasteiger partial charge on any atom is 0.341 e. The van der Waals surface area contributed by atoms with E-state index in [0.29, 0.717) is 5.52 Å². The zero-order valence-electron chi connectivity index (χ0n) is 10.6. The average Bonchev–Trinajstić information content (AvgIpc) is 2.34. The van der Waals surface area contributed by atoms with Gasteiger partial charge in [-0.15, -0.1) is 0 Å². The summed E-state index contributed by atoms with van der Waals surface area (Å²) in [6.45, 7) is 3.10. The highest BCUT2D eigenvalue weighted by molar-refractivity contribution is 5.95. The van der Waals surface area contributed by atoms with Crippen molar-refractivity contribution in [3.8, 4) is 5.88 Å². The third-order valence-corrected chi connectivity index (χ3v) is 2.58. The molecule has 0 radical (unpaired) electrons. The number of rotatable bonds is 4. The lowest BCUT2D eigenvalue weighted by atomic mass is 10.1. The van der Waals surface area contributed by atoms with Crippen molar-refractivity contribution in [3.05, 3.63) is 35.4 Å². The molecule has 2 aromatic rings. The van der Waals surface area contributed by atoms with Gasteiger partial charge >= 0.3 is 5.97 Å². The second-order valence-electron chi connectivity index (χ2n) is 4.33. The number of aryl methyl sites for hydroxylation is 1. The normalized spacial score (nSPS) is 10.4. The summed E-state index contributed by atoms with van der Waals surface area (Å²) in [6, 6.07) is 7.02. The molecule has 0 saturated heterocycles. The number of carboxylic acid groups (broad SMARTS) is 1. The number of ether oxygens (including phenoxy) is 1. The molecule has 0 aliphatic rings. The van der Waals surface area contributed by atoms with Crippen LogP contribution < -0.4 is 4.74 Å².